The molecule has 2 N–H and O–H groups in total. The van der Waals surface area contributed by atoms with E-state index in [2.05, 4.69) is 10.0 Å². The maximum atomic E-state index is 12.4. The third-order valence-corrected chi connectivity index (χ3v) is 5.39. The fourth-order valence-electron chi connectivity index (χ4n) is 2.54. The largest absolute Gasteiger partial charge is 0.464 e. The Kier molecular flexibility index (Phi) is 5.32. The predicted molar refractivity (Wildman–Crippen MR) is 103 cm³/mol. The lowest BCUT2D eigenvalue weighted by molar-refractivity contribution is 0.0935. The molecule has 0 radical (unpaired) electrons. The van der Waals surface area contributed by atoms with Crippen LogP contribution in [-0.4, -0.2) is 14.3 Å². The van der Waals surface area contributed by atoms with Crippen molar-refractivity contribution in [1.29, 1.82) is 0 Å². The standard InChI is InChI=1S/C20H20N2O4S/c1-14-8-13-19(26-14)15(2)21-20(23)16-9-11-18(12-10-16)27(24,25)22-17-6-4-3-5-7-17/h3-13,15,22H,1-2H3,(H,21,23). The summed E-state index contributed by atoms with van der Waals surface area (Å²) in [6, 6.07) is 17.7. The number of hydrogen-bond acceptors (Lipinski definition) is 4. The van der Waals surface area contributed by atoms with Crippen LogP contribution in [0.3, 0.4) is 0 Å². The van der Waals surface area contributed by atoms with Crippen molar-refractivity contribution in [2.75, 3.05) is 4.72 Å². The predicted octanol–water partition coefficient (Wildman–Crippen LogP) is 3.88. The van der Waals surface area contributed by atoms with E-state index in [0.717, 1.165) is 5.76 Å². The van der Waals surface area contributed by atoms with Crippen molar-refractivity contribution >= 4 is 21.6 Å². The van der Waals surface area contributed by atoms with Gasteiger partial charge in [0.05, 0.1) is 10.9 Å². The quantitative estimate of drug-likeness (QED) is 0.675. The maximum absolute atomic E-state index is 12.4. The van der Waals surface area contributed by atoms with Gasteiger partial charge < -0.3 is 9.73 Å². The normalized spacial score (nSPS) is 12.4. The minimum Gasteiger partial charge on any atom is -0.464 e. The van der Waals surface area contributed by atoms with Gasteiger partial charge in [-0.15, -0.1) is 0 Å². The van der Waals surface area contributed by atoms with Gasteiger partial charge in [0.25, 0.3) is 15.9 Å². The molecule has 0 aliphatic rings. The van der Waals surface area contributed by atoms with Gasteiger partial charge in [-0.3, -0.25) is 9.52 Å². The number of anilines is 1. The van der Waals surface area contributed by atoms with E-state index < -0.39 is 10.0 Å². The molecule has 0 spiro atoms. The van der Waals surface area contributed by atoms with E-state index in [4.69, 9.17) is 4.42 Å². The second-order valence-corrected chi connectivity index (χ2v) is 7.82. The molecule has 3 rings (SSSR count). The Morgan fingerprint density at radius 2 is 1.63 bits per heavy atom. The first-order valence-electron chi connectivity index (χ1n) is 8.40. The van der Waals surface area contributed by atoms with Crippen molar-refractivity contribution in [1.82, 2.24) is 5.32 Å². The summed E-state index contributed by atoms with van der Waals surface area (Å²) in [6.07, 6.45) is 0. The first-order valence-corrected chi connectivity index (χ1v) is 9.88. The van der Waals surface area contributed by atoms with Crippen molar-refractivity contribution in [3.05, 3.63) is 83.8 Å². The van der Waals surface area contributed by atoms with Gasteiger partial charge in [-0.05, 0) is 62.4 Å². The zero-order valence-electron chi connectivity index (χ0n) is 15.0. The van der Waals surface area contributed by atoms with E-state index in [9.17, 15) is 13.2 Å². The second kappa shape index (κ2) is 7.67. The fourth-order valence-corrected chi connectivity index (χ4v) is 3.60. The number of nitrogens with one attached hydrogen (secondary N) is 2. The molecule has 0 fully saturated rings. The molecule has 0 saturated heterocycles. The molecule has 0 aliphatic carbocycles. The Balaban J connectivity index is 1.70. The Bertz CT molecular complexity index is 1030. The van der Waals surface area contributed by atoms with Crippen LogP contribution in [0, 0.1) is 6.92 Å². The SMILES string of the molecule is Cc1ccc(C(C)NC(=O)c2ccc(S(=O)(=O)Nc3ccccc3)cc2)o1. The van der Waals surface area contributed by atoms with Crippen molar-refractivity contribution in [3.8, 4) is 0 Å². The minimum atomic E-state index is -3.72. The molecule has 0 saturated carbocycles. The summed E-state index contributed by atoms with van der Waals surface area (Å²) in [4.78, 5) is 12.5. The number of para-hydroxylation sites is 1. The summed E-state index contributed by atoms with van der Waals surface area (Å²) in [6.45, 7) is 3.65. The summed E-state index contributed by atoms with van der Waals surface area (Å²) in [5, 5.41) is 2.83. The number of rotatable bonds is 6. The van der Waals surface area contributed by atoms with Crippen LogP contribution in [-0.2, 0) is 10.0 Å². The molecule has 6 nitrogen and oxygen atoms in total. The van der Waals surface area contributed by atoms with Gasteiger partial charge in [0, 0.05) is 11.3 Å². The summed E-state index contributed by atoms with van der Waals surface area (Å²) < 4.78 is 32.8. The van der Waals surface area contributed by atoms with E-state index in [0.29, 0.717) is 17.0 Å². The Hall–Kier alpha value is -3.06. The second-order valence-electron chi connectivity index (χ2n) is 6.14. The number of aryl methyl sites for hydroxylation is 1. The number of furan rings is 1. The van der Waals surface area contributed by atoms with Crippen LogP contribution in [0.4, 0.5) is 5.69 Å². The minimum absolute atomic E-state index is 0.0811. The molecule has 1 aromatic heterocycles. The van der Waals surface area contributed by atoms with Crippen LogP contribution in [0.1, 0.15) is 34.8 Å². The average molecular weight is 384 g/mol. The molecule has 27 heavy (non-hydrogen) atoms. The highest BCUT2D eigenvalue weighted by molar-refractivity contribution is 7.92. The number of carbonyl (C=O) groups excluding carboxylic acids is 1. The van der Waals surface area contributed by atoms with Gasteiger partial charge in [0.1, 0.15) is 11.5 Å². The maximum Gasteiger partial charge on any atom is 0.261 e. The van der Waals surface area contributed by atoms with E-state index in [-0.39, 0.29) is 16.8 Å². The van der Waals surface area contributed by atoms with Crippen molar-refractivity contribution in [2.45, 2.75) is 24.8 Å². The molecule has 1 amide bonds. The highest BCUT2D eigenvalue weighted by atomic mass is 32.2. The van der Waals surface area contributed by atoms with Gasteiger partial charge in [-0.1, -0.05) is 18.2 Å². The van der Waals surface area contributed by atoms with Crippen LogP contribution < -0.4 is 10.0 Å². The molecular weight excluding hydrogens is 364 g/mol. The van der Waals surface area contributed by atoms with Crippen molar-refractivity contribution in [3.63, 3.8) is 0 Å². The van der Waals surface area contributed by atoms with E-state index in [1.807, 2.05) is 26.0 Å². The van der Waals surface area contributed by atoms with Gasteiger partial charge in [-0.2, -0.15) is 0 Å². The molecular formula is C20H20N2O4S. The molecule has 1 unspecified atom stereocenters. The zero-order valence-corrected chi connectivity index (χ0v) is 15.8. The highest BCUT2D eigenvalue weighted by Crippen LogP contribution is 2.18. The average Bonchev–Trinajstić information content (AvgIpc) is 3.09. The Labute approximate surface area is 158 Å². The number of carbonyl (C=O) groups is 1. The number of hydrogen-bond donors (Lipinski definition) is 2. The van der Waals surface area contributed by atoms with Crippen molar-refractivity contribution in [2.24, 2.45) is 0 Å². The zero-order chi connectivity index (χ0) is 19.4. The molecule has 0 aliphatic heterocycles. The van der Waals surface area contributed by atoms with Gasteiger partial charge in [0.2, 0.25) is 0 Å². The Morgan fingerprint density at radius 3 is 2.22 bits per heavy atom. The molecule has 0 bridgehead atoms. The topological polar surface area (TPSA) is 88.4 Å². The number of benzene rings is 2. The van der Waals surface area contributed by atoms with Gasteiger partial charge >= 0.3 is 0 Å². The molecule has 140 valence electrons. The third kappa shape index (κ3) is 4.57. The summed E-state index contributed by atoms with van der Waals surface area (Å²) in [5.41, 5.74) is 0.839. The van der Waals surface area contributed by atoms with E-state index >= 15 is 0 Å². The van der Waals surface area contributed by atoms with E-state index in [1.54, 1.807) is 30.3 Å². The van der Waals surface area contributed by atoms with Crippen LogP contribution in [0.2, 0.25) is 0 Å². The van der Waals surface area contributed by atoms with Crippen LogP contribution in [0.15, 0.2) is 76.0 Å². The Morgan fingerprint density at radius 1 is 0.963 bits per heavy atom. The fraction of sp³-hybridized carbons (Fsp3) is 0.150. The first kappa shape index (κ1) is 18.7. The van der Waals surface area contributed by atoms with Crippen molar-refractivity contribution < 1.29 is 17.6 Å². The van der Waals surface area contributed by atoms with Crippen LogP contribution in [0.25, 0.3) is 0 Å². The monoisotopic (exact) mass is 384 g/mol. The number of sulfonamides is 1. The van der Waals surface area contributed by atoms with Crippen LogP contribution >= 0.6 is 0 Å². The summed E-state index contributed by atoms with van der Waals surface area (Å²) >= 11 is 0. The molecule has 3 aromatic rings. The molecule has 7 heteroatoms. The lowest BCUT2D eigenvalue weighted by Gasteiger charge is -2.12. The lowest BCUT2D eigenvalue weighted by atomic mass is 10.2. The molecule has 1 atom stereocenters. The summed E-state index contributed by atoms with van der Waals surface area (Å²) in [5.74, 6) is 1.12. The summed E-state index contributed by atoms with van der Waals surface area (Å²) in [7, 11) is -3.72. The van der Waals surface area contributed by atoms with Gasteiger partial charge in [0.15, 0.2) is 0 Å². The molecule has 1 heterocycles. The first-order chi connectivity index (χ1) is 12.8. The molecule has 2 aromatic carbocycles. The lowest BCUT2D eigenvalue weighted by Crippen LogP contribution is -2.26. The van der Waals surface area contributed by atoms with Gasteiger partial charge in [-0.25, -0.2) is 8.42 Å². The third-order valence-electron chi connectivity index (χ3n) is 3.99. The van der Waals surface area contributed by atoms with Crippen LogP contribution in [0.5, 0.6) is 0 Å². The highest BCUT2D eigenvalue weighted by Gasteiger charge is 2.17. The van der Waals surface area contributed by atoms with E-state index in [1.165, 1.54) is 24.3 Å². The smallest absolute Gasteiger partial charge is 0.261 e. The number of amides is 1.